The Balaban J connectivity index is 2.53. The molecule has 82 valence electrons. The molecule has 1 aromatic heterocycles. The number of nitrogens with one attached hydrogen (secondary N) is 1. The van der Waals surface area contributed by atoms with Crippen molar-refractivity contribution < 1.29 is 19.1 Å². The molecule has 0 unspecified atom stereocenters. The van der Waals surface area contributed by atoms with Crippen LogP contribution in [0.15, 0.2) is 12.1 Å². The molecular weight excluding hydrogens is 198 g/mol. The molecule has 0 saturated carbocycles. The normalized spacial score (nSPS) is 9.73. The molecule has 0 bridgehead atoms. The minimum absolute atomic E-state index is 0.274. The number of esters is 2. The quantitative estimate of drug-likeness (QED) is 0.751. The minimum atomic E-state index is -0.417. The Morgan fingerprint density at radius 2 is 2.00 bits per heavy atom. The first-order valence-corrected chi connectivity index (χ1v) is 4.50. The van der Waals surface area contributed by atoms with Gasteiger partial charge in [0.15, 0.2) is 0 Å². The number of rotatable bonds is 4. The predicted octanol–water partition coefficient (Wildman–Crippen LogP) is 0.907. The second-order valence-electron chi connectivity index (χ2n) is 2.96. The van der Waals surface area contributed by atoms with Gasteiger partial charge < -0.3 is 14.5 Å². The molecule has 1 rings (SSSR count). The summed E-state index contributed by atoms with van der Waals surface area (Å²) in [5.74, 6) is -0.691. The highest BCUT2D eigenvalue weighted by atomic mass is 16.5. The molecule has 5 heteroatoms. The van der Waals surface area contributed by atoms with Crippen LogP contribution in [0.3, 0.4) is 0 Å². The molecule has 0 saturated heterocycles. The van der Waals surface area contributed by atoms with Crippen LogP contribution in [0.4, 0.5) is 0 Å². The molecular formula is C10H13NO4. The number of carbonyl (C=O) groups is 2. The highest BCUT2D eigenvalue weighted by Crippen LogP contribution is 2.06. The zero-order chi connectivity index (χ0) is 11.3. The van der Waals surface area contributed by atoms with Crippen LogP contribution in [-0.4, -0.2) is 31.1 Å². The second-order valence-corrected chi connectivity index (χ2v) is 2.96. The molecule has 0 amide bonds. The number of hydrogen-bond donors (Lipinski definition) is 1. The van der Waals surface area contributed by atoms with Crippen molar-refractivity contribution in [1.29, 1.82) is 0 Å². The second kappa shape index (κ2) is 5.19. The van der Waals surface area contributed by atoms with Gasteiger partial charge in [0.25, 0.3) is 0 Å². The molecule has 0 radical (unpaired) electrons. The third kappa shape index (κ3) is 3.12. The van der Waals surface area contributed by atoms with Gasteiger partial charge in [-0.3, -0.25) is 4.79 Å². The summed E-state index contributed by atoms with van der Waals surface area (Å²) in [7, 11) is 2.66. The van der Waals surface area contributed by atoms with Crippen molar-refractivity contribution >= 4 is 11.9 Å². The van der Waals surface area contributed by atoms with Gasteiger partial charge in [0.2, 0.25) is 0 Å². The summed E-state index contributed by atoms with van der Waals surface area (Å²) in [5, 5.41) is 0. The molecule has 0 aliphatic carbocycles. The monoisotopic (exact) mass is 211 g/mol. The van der Waals surface area contributed by atoms with Crippen LogP contribution in [0.2, 0.25) is 0 Å². The largest absolute Gasteiger partial charge is 0.469 e. The Morgan fingerprint density at radius 3 is 2.60 bits per heavy atom. The summed E-state index contributed by atoms with van der Waals surface area (Å²) >= 11 is 0. The average molecular weight is 211 g/mol. The maximum absolute atomic E-state index is 11.1. The van der Waals surface area contributed by atoms with Crippen molar-refractivity contribution in [3.63, 3.8) is 0 Å². The maximum Gasteiger partial charge on any atom is 0.354 e. The fraction of sp³-hybridized carbons (Fsp3) is 0.400. The van der Waals surface area contributed by atoms with E-state index in [0.29, 0.717) is 12.1 Å². The predicted molar refractivity (Wildman–Crippen MR) is 52.5 cm³/mol. The number of H-pyrrole nitrogens is 1. The van der Waals surface area contributed by atoms with Gasteiger partial charge >= 0.3 is 11.9 Å². The number of methoxy groups -OCH3 is 2. The van der Waals surface area contributed by atoms with Gasteiger partial charge in [-0.1, -0.05) is 0 Å². The van der Waals surface area contributed by atoms with E-state index in [1.165, 1.54) is 14.2 Å². The van der Waals surface area contributed by atoms with Crippen LogP contribution < -0.4 is 0 Å². The first-order chi connectivity index (χ1) is 7.17. The standard InChI is InChI=1S/C10H13NO4/c1-14-9(12)6-4-7-3-5-8(11-7)10(13)15-2/h3,5,11H,4,6H2,1-2H3. The molecule has 0 aliphatic heterocycles. The molecule has 1 heterocycles. The van der Waals surface area contributed by atoms with E-state index in [2.05, 4.69) is 14.5 Å². The van der Waals surface area contributed by atoms with E-state index < -0.39 is 5.97 Å². The first-order valence-electron chi connectivity index (χ1n) is 4.50. The lowest BCUT2D eigenvalue weighted by atomic mass is 10.2. The lowest BCUT2D eigenvalue weighted by Gasteiger charge is -1.97. The molecule has 0 atom stereocenters. The van der Waals surface area contributed by atoms with Gasteiger partial charge in [-0.2, -0.15) is 0 Å². The number of ether oxygens (including phenoxy) is 2. The number of hydrogen-bond acceptors (Lipinski definition) is 4. The fourth-order valence-corrected chi connectivity index (χ4v) is 1.15. The van der Waals surface area contributed by atoms with E-state index in [4.69, 9.17) is 0 Å². The smallest absolute Gasteiger partial charge is 0.354 e. The molecule has 0 aromatic carbocycles. The molecule has 0 aliphatic rings. The van der Waals surface area contributed by atoms with E-state index in [0.717, 1.165) is 5.69 Å². The summed E-state index contributed by atoms with van der Waals surface area (Å²) in [6, 6.07) is 3.37. The highest BCUT2D eigenvalue weighted by molar-refractivity contribution is 5.87. The summed E-state index contributed by atoms with van der Waals surface area (Å²) in [6.45, 7) is 0. The summed E-state index contributed by atoms with van der Waals surface area (Å²) in [4.78, 5) is 24.8. The van der Waals surface area contributed by atoms with Crippen molar-refractivity contribution in [3.05, 3.63) is 23.5 Å². The van der Waals surface area contributed by atoms with Gasteiger partial charge in [0.05, 0.1) is 20.6 Å². The number of aromatic amines is 1. The average Bonchev–Trinajstić information content (AvgIpc) is 2.73. The molecule has 5 nitrogen and oxygen atoms in total. The van der Waals surface area contributed by atoms with Crippen LogP contribution in [-0.2, 0) is 20.7 Å². The summed E-state index contributed by atoms with van der Waals surface area (Å²) in [6.07, 6.45) is 0.807. The Morgan fingerprint density at radius 1 is 1.27 bits per heavy atom. The van der Waals surface area contributed by atoms with Crippen molar-refractivity contribution in [2.24, 2.45) is 0 Å². The van der Waals surface area contributed by atoms with Gasteiger partial charge in [-0.15, -0.1) is 0 Å². The van der Waals surface area contributed by atoms with E-state index in [9.17, 15) is 9.59 Å². The zero-order valence-corrected chi connectivity index (χ0v) is 8.70. The van der Waals surface area contributed by atoms with Gasteiger partial charge in [-0.25, -0.2) is 4.79 Å². The minimum Gasteiger partial charge on any atom is -0.469 e. The van der Waals surface area contributed by atoms with Crippen molar-refractivity contribution in [3.8, 4) is 0 Å². The topological polar surface area (TPSA) is 68.4 Å². The molecule has 0 fully saturated rings. The van der Waals surface area contributed by atoms with Crippen LogP contribution >= 0.6 is 0 Å². The van der Waals surface area contributed by atoms with Gasteiger partial charge in [0, 0.05) is 5.69 Å². The van der Waals surface area contributed by atoms with E-state index in [1.807, 2.05) is 0 Å². The van der Waals surface area contributed by atoms with E-state index in [1.54, 1.807) is 12.1 Å². The third-order valence-electron chi connectivity index (χ3n) is 1.98. The number of carbonyl (C=O) groups excluding carboxylic acids is 2. The van der Waals surface area contributed by atoms with Crippen molar-refractivity contribution in [2.45, 2.75) is 12.8 Å². The number of aromatic nitrogens is 1. The fourth-order valence-electron chi connectivity index (χ4n) is 1.15. The lowest BCUT2D eigenvalue weighted by molar-refractivity contribution is -0.140. The zero-order valence-electron chi connectivity index (χ0n) is 8.70. The number of aryl methyl sites for hydroxylation is 1. The third-order valence-corrected chi connectivity index (χ3v) is 1.98. The Kier molecular flexibility index (Phi) is 3.91. The maximum atomic E-state index is 11.1. The summed E-state index contributed by atoms with van der Waals surface area (Å²) in [5.41, 5.74) is 1.19. The molecule has 0 spiro atoms. The molecule has 1 aromatic rings. The van der Waals surface area contributed by atoms with E-state index in [-0.39, 0.29) is 12.4 Å². The lowest BCUT2D eigenvalue weighted by Crippen LogP contribution is -2.04. The summed E-state index contributed by atoms with van der Waals surface area (Å²) < 4.78 is 9.04. The van der Waals surface area contributed by atoms with Crippen molar-refractivity contribution in [2.75, 3.05) is 14.2 Å². The highest BCUT2D eigenvalue weighted by Gasteiger charge is 2.08. The molecule has 15 heavy (non-hydrogen) atoms. The van der Waals surface area contributed by atoms with Crippen LogP contribution in [0, 0.1) is 0 Å². The molecule has 1 N–H and O–H groups in total. The van der Waals surface area contributed by atoms with Gasteiger partial charge in [-0.05, 0) is 18.6 Å². The van der Waals surface area contributed by atoms with Crippen LogP contribution in [0.5, 0.6) is 0 Å². The van der Waals surface area contributed by atoms with E-state index >= 15 is 0 Å². The van der Waals surface area contributed by atoms with Gasteiger partial charge in [0.1, 0.15) is 5.69 Å². The Bertz CT molecular complexity index is 356. The van der Waals surface area contributed by atoms with Crippen LogP contribution in [0.1, 0.15) is 22.6 Å². The van der Waals surface area contributed by atoms with Crippen molar-refractivity contribution in [1.82, 2.24) is 4.98 Å². The first kappa shape index (κ1) is 11.3. The SMILES string of the molecule is COC(=O)CCc1ccc(C(=O)OC)[nH]1. The Hall–Kier alpha value is -1.78. The Labute approximate surface area is 87.4 Å². The van der Waals surface area contributed by atoms with Crippen LogP contribution in [0.25, 0.3) is 0 Å².